The fourth-order valence-electron chi connectivity index (χ4n) is 4.30. The first-order valence-electron chi connectivity index (χ1n) is 11.5. The van der Waals surface area contributed by atoms with E-state index < -0.39 is 0 Å². The zero-order valence-electron chi connectivity index (χ0n) is 19.7. The van der Waals surface area contributed by atoms with Gasteiger partial charge in [-0.1, -0.05) is 13.0 Å². The Balaban J connectivity index is 1.33. The van der Waals surface area contributed by atoms with Gasteiger partial charge in [0, 0.05) is 49.1 Å². The second kappa shape index (κ2) is 9.56. The maximum Gasteiger partial charge on any atom is 0.319 e. The number of methoxy groups -OCH3 is 2. The summed E-state index contributed by atoms with van der Waals surface area (Å²) in [5.74, 6) is 1.24. The second-order valence-corrected chi connectivity index (χ2v) is 8.21. The Labute approximate surface area is 198 Å². The molecule has 2 aromatic carbocycles. The van der Waals surface area contributed by atoms with Crippen LogP contribution in [0.1, 0.15) is 6.92 Å². The van der Waals surface area contributed by atoms with E-state index >= 15 is 0 Å². The first-order chi connectivity index (χ1) is 16.7. The van der Waals surface area contributed by atoms with E-state index in [0.717, 1.165) is 66.3 Å². The highest BCUT2D eigenvalue weighted by Gasteiger charge is 2.16. The fraction of sp³-hybridized carbons (Fsp3) is 0.320. The molecular formula is C25H29N7O2. The molecule has 0 aliphatic carbocycles. The molecule has 1 saturated heterocycles. The average Bonchev–Trinajstić information content (AvgIpc) is 3.30. The van der Waals surface area contributed by atoms with E-state index in [2.05, 4.69) is 66.5 Å². The molecule has 176 valence electrons. The van der Waals surface area contributed by atoms with Gasteiger partial charge in [-0.25, -0.2) is 4.98 Å². The molecule has 0 spiro atoms. The fourth-order valence-corrected chi connectivity index (χ4v) is 4.30. The number of fused-ring (bicyclic) bond motifs is 1. The summed E-state index contributed by atoms with van der Waals surface area (Å²) >= 11 is 0. The van der Waals surface area contributed by atoms with Crippen molar-refractivity contribution < 1.29 is 9.47 Å². The minimum absolute atomic E-state index is 0.268. The van der Waals surface area contributed by atoms with Crippen LogP contribution in [0.25, 0.3) is 22.0 Å². The van der Waals surface area contributed by atoms with E-state index in [4.69, 9.17) is 9.47 Å². The quantitative estimate of drug-likeness (QED) is 0.430. The lowest BCUT2D eigenvalue weighted by Crippen LogP contribution is -2.46. The Bertz CT molecular complexity index is 1260. The van der Waals surface area contributed by atoms with E-state index in [1.165, 1.54) is 12.8 Å². The van der Waals surface area contributed by atoms with Crippen LogP contribution >= 0.6 is 0 Å². The van der Waals surface area contributed by atoms with Gasteiger partial charge >= 0.3 is 6.01 Å². The summed E-state index contributed by atoms with van der Waals surface area (Å²) in [4.78, 5) is 13.4. The summed E-state index contributed by atoms with van der Waals surface area (Å²) in [5, 5.41) is 12.0. The van der Waals surface area contributed by atoms with E-state index in [-0.39, 0.29) is 6.01 Å². The normalized spacial score (nSPS) is 14.4. The Kier molecular flexibility index (Phi) is 6.18. The van der Waals surface area contributed by atoms with Crippen molar-refractivity contribution in [1.82, 2.24) is 25.1 Å². The van der Waals surface area contributed by atoms with Gasteiger partial charge in [-0.3, -0.25) is 5.10 Å². The molecule has 1 aliphatic heterocycles. The number of hydrogen-bond donors (Lipinski definition) is 2. The Hall–Kier alpha value is -3.85. The minimum Gasteiger partial charge on any atom is -0.480 e. The highest BCUT2D eigenvalue weighted by atomic mass is 16.5. The van der Waals surface area contributed by atoms with E-state index in [9.17, 15) is 0 Å². The standard InChI is InChI=1S/C25H29N7O2/c1-4-31-11-13-32(14-12-31)19-8-6-18(7-9-19)27-23-20-10-5-17(15-22(20)29-30-23)21-16-26-25(34-3)28-24(21)33-2/h5-10,15-16H,4,11-14H2,1-3H3,(H2,27,29,30). The lowest BCUT2D eigenvalue weighted by Gasteiger charge is -2.35. The van der Waals surface area contributed by atoms with E-state index in [1.54, 1.807) is 13.3 Å². The number of aromatic nitrogens is 4. The number of ether oxygens (including phenoxy) is 2. The number of nitrogens with one attached hydrogen (secondary N) is 2. The molecule has 1 fully saturated rings. The number of nitrogens with zero attached hydrogens (tertiary/aromatic N) is 5. The summed E-state index contributed by atoms with van der Waals surface area (Å²) in [7, 11) is 3.11. The van der Waals surface area contributed by atoms with Crippen molar-refractivity contribution in [3.63, 3.8) is 0 Å². The molecule has 0 atom stereocenters. The smallest absolute Gasteiger partial charge is 0.319 e. The molecule has 34 heavy (non-hydrogen) atoms. The van der Waals surface area contributed by atoms with Crippen molar-refractivity contribution in [3.8, 4) is 23.0 Å². The van der Waals surface area contributed by atoms with Crippen LogP contribution in [0, 0.1) is 0 Å². The summed E-state index contributed by atoms with van der Waals surface area (Å²) in [6, 6.07) is 14.9. The van der Waals surface area contributed by atoms with Crippen molar-refractivity contribution in [1.29, 1.82) is 0 Å². The highest BCUT2D eigenvalue weighted by Crippen LogP contribution is 2.33. The van der Waals surface area contributed by atoms with Crippen LogP contribution in [0.2, 0.25) is 0 Å². The predicted molar refractivity (Wildman–Crippen MR) is 134 cm³/mol. The maximum atomic E-state index is 5.43. The summed E-state index contributed by atoms with van der Waals surface area (Å²) in [6.07, 6.45) is 1.70. The van der Waals surface area contributed by atoms with Gasteiger partial charge in [-0.05, 0) is 48.5 Å². The molecule has 0 radical (unpaired) electrons. The molecule has 9 nitrogen and oxygen atoms in total. The third-order valence-electron chi connectivity index (χ3n) is 6.30. The molecule has 2 N–H and O–H groups in total. The van der Waals surface area contributed by atoms with Crippen molar-refractivity contribution in [2.45, 2.75) is 6.92 Å². The van der Waals surface area contributed by atoms with Crippen molar-refractivity contribution >= 4 is 28.1 Å². The monoisotopic (exact) mass is 459 g/mol. The molecule has 4 aromatic rings. The van der Waals surface area contributed by atoms with Crippen LogP contribution in [0.5, 0.6) is 11.9 Å². The third kappa shape index (κ3) is 4.34. The van der Waals surface area contributed by atoms with E-state index in [0.29, 0.717) is 5.88 Å². The minimum atomic E-state index is 0.268. The zero-order chi connectivity index (χ0) is 23.5. The molecule has 0 unspecified atom stereocenters. The molecule has 3 heterocycles. The Morgan fingerprint density at radius 2 is 1.79 bits per heavy atom. The molecule has 0 bridgehead atoms. The third-order valence-corrected chi connectivity index (χ3v) is 6.30. The summed E-state index contributed by atoms with van der Waals surface area (Å²) in [6.45, 7) is 7.71. The first-order valence-corrected chi connectivity index (χ1v) is 11.5. The van der Waals surface area contributed by atoms with Crippen LogP contribution in [0.4, 0.5) is 17.2 Å². The van der Waals surface area contributed by atoms with E-state index in [1.807, 2.05) is 18.2 Å². The molecule has 9 heteroatoms. The predicted octanol–water partition coefficient (Wildman–Crippen LogP) is 3.92. The Morgan fingerprint density at radius 3 is 2.50 bits per heavy atom. The number of piperazine rings is 1. The van der Waals surface area contributed by atoms with Gasteiger partial charge in [0.2, 0.25) is 5.88 Å². The largest absolute Gasteiger partial charge is 0.480 e. The van der Waals surface area contributed by atoms with Crippen molar-refractivity contribution in [2.24, 2.45) is 0 Å². The number of aromatic amines is 1. The number of hydrogen-bond acceptors (Lipinski definition) is 8. The molecule has 1 aliphatic rings. The van der Waals surface area contributed by atoms with Gasteiger partial charge in [0.1, 0.15) is 0 Å². The topological polar surface area (TPSA) is 91.4 Å². The Morgan fingerprint density at radius 1 is 1.00 bits per heavy atom. The lowest BCUT2D eigenvalue weighted by molar-refractivity contribution is 0.271. The summed E-state index contributed by atoms with van der Waals surface area (Å²) in [5.41, 5.74) is 4.87. The van der Waals surface area contributed by atoms with Crippen LogP contribution in [-0.4, -0.2) is 72.0 Å². The van der Waals surface area contributed by atoms with Gasteiger partial charge in [-0.15, -0.1) is 0 Å². The van der Waals surface area contributed by atoms with Crippen molar-refractivity contribution in [3.05, 3.63) is 48.7 Å². The van der Waals surface area contributed by atoms with Crippen LogP contribution < -0.4 is 19.7 Å². The number of likely N-dealkylation sites (N-methyl/N-ethyl adjacent to an activating group) is 1. The highest BCUT2D eigenvalue weighted by molar-refractivity contribution is 5.94. The van der Waals surface area contributed by atoms with Gasteiger partial charge < -0.3 is 24.6 Å². The van der Waals surface area contributed by atoms with Crippen LogP contribution in [-0.2, 0) is 0 Å². The summed E-state index contributed by atoms with van der Waals surface area (Å²) < 4.78 is 10.5. The van der Waals surface area contributed by atoms with Gasteiger partial charge in [-0.2, -0.15) is 10.1 Å². The second-order valence-electron chi connectivity index (χ2n) is 8.21. The number of rotatable bonds is 7. The zero-order valence-corrected chi connectivity index (χ0v) is 19.7. The van der Waals surface area contributed by atoms with Gasteiger partial charge in [0.15, 0.2) is 5.82 Å². The molecule has 0 amide bonds. The van der Waals surface area contributed by atoms with Crippen LogP contribution in [0.15, 0.2) is 48.7 Å². The molecule has 5 rings (SSSR count). The average molecular weight is 460 g/mol. The number of anilines is 3. The SMILES string of the molecule is CCN1CCN(c2ccc(Nc3n[nH]c4cc(-c5cnc(OC)nc5OC)ccc34)cc2)CC1. The maximum absolute atomic E-state index is 5.43. The van der Waals surface area contributed by atoms with Gasteiger partial charge in [0.05, 0.1) is 25.3 Å². The molecular weight excluding hydrogens is 430 g/mol. The molecule has 0 saturated carbocycles. The molecule has 2 aromatic heterocycles. The van der Waals surface area contributed by atoms with Gasteiger partial charge in [0.25, 0.3) is 0 Å². The number of benzene rings is 2. The van der Waals surface area contributed by atoms with Crippen molar-refractivity contribution in [2.75, 3.05) is 57.2 Å². The lowest BCUT2D eigenvalue weighted by atomic mass is 10.1. The number of H-pyrrole nitrogens is 1. The van der Waals surface area contributed by atoms with Crippen LogP contribution in [0.3, 0.4) is 0 Å². The first kappa shape index (κ1) is 22.0.